The Balaban J connectivity index is 1.25. The Hall–Kier alpha value is -3.70. The minimum absolute atomic E-state index is 0.215. The average Bonchev–Trinajstić information content (AvgIpc) is 3.40. The van der Waals surface area contributed by atoms with E-state index < -0.39 is 0 Å². The molecule has 0 radical (unpaired) electrons. The number of carbonyl (C=O) groups is 1. The highest BCUT2D eigenvalue weighted by Crippen LogP contribution is 2.37. The van der Waals surface area contributed by atoms with E-state index in [4.69, 9.17) is 16.6 Å². The number of thiocarbonyl (C=S) groups is 1. The van der Waals surface area contributed by atoms with E-state index in [-0.39, 0.29) is 16.8 Å². The van der Waals surface area contributed by atoms with Crippen molar-refractivity contribution in [3.05, 3.63) is 101 Å². The predicted octanol–water partition coefficient (Wildman–Crippen LogP) is 6.26. The fraction of sp³-hybridized carbons (Fsp3) is 0.111. The maximum absolute atomic E-state index is 12.6. The van der Waals surface area contributed by atoms with Crippen LogP contribution in [0.3, 0.4) is 0 Å². The lowest BCUT2D eigenvalue weighted by Gasteiger charge is -2.10. The largest absolute Gasteiger partial charge is 0.451 e. The molecule has 0 spiro atoms. The fourth-order valence-electron chi connectivity index (χ4n) is 4.06. The van der Waals surface area contributed by atoms with Crippen LogP contribution >= 0.6 is 12.2 Å². The van der Waals surface area contributed by atoms with Crippen LogP contribution in [0.2, 0.25) is 0 Å². The molecule has 0 bridgehead atoms. The number of hydrogen-bond donors (Lipinski definition) is 2. The molecule has 4 aromatic rings. The van der Waals surface area contributed by atoms with Gasteiger partial charge in [0.15, 0.2) is 10.9 Å². The monoisotopic (exact) mass is 438 g/mol. The van der Waals surface area contributed by atoms with Crippen molar-refractivity contribution in [2.75, 3.05) is 5.32 Å². The fourth-order valence-corrected chi connectivity index (χ4v) is 4.27. The molecule has 1 amide bonds. The maximum atomic E-state index is 12.6. The number of fused-ring (bicyclic) bond motifs is 3. The van der Waals surface area contributed by atoms with Crippen molar-refractivity contribution in [2.45, 2.75) is 20.3 Å². The lowest BCUT2D eigenvalue weighted by atomic mass is 10.1. The van der Waals surface area contributed by atoms with Gasteiger partial charge < -0.3 is 9.73 Å². The van der Waals surface area contributed by atoms with Crippen LogP contribution in [0.5, 0.6) is 0 Å². The normalized spacial score (nSPS) is 11.6. The van der Waals surface area contributed by atoms with Gasteiger partial charge in [-0.25, -0.2) is 0 Å². The van der Waals surface area contributed by atoms with Gasteiger partial charge in [-0.05, 0) is 96.2 Å². The summed E-state index contributed by atoms with van der Waals surface area (Å²) in [5, 5.41) is 6.04. The van der Waals surface area contributed by atoms with E-state index in [0.29, 0.717) is 5.76 Å². The molecule has 1 heterocycles. The number of carbonyl (C=O) groups excluding carboxylic acids is 1. The van der Waals surface area contributed by atoms with E-state index in [0.717, 1.165) is 17.7 Å². The number of nitrogens with one attached hydrogen (secondary N) is 2. The number of hydrogen-bond acceptors (Lipinski definition) is 3. The van der Waals surface area contributed by atoms with Crippen molar-refractivity contribution >= 4 is 28.9 Å². The number of rotatable bonds is 3. The smallest absolute Gasteiger partial charge is 0.293 e. The van der Waals surface area contributed by atoms with E-state index in [1.807, 2.05) is 24.3 Å². The van der Waals surface area contributed by atoms with Gasteiger partial charge in [-0.3, -0.25) is 10.1 Å². The Morgan fingerprint density at radius 1 is 0.875 bits per heavy atom. The van der Waals surface area contributed by atoms with Gasteiger partial charge in [-0.15, -0.1) is 0 Å². The Labute approximate surface area is 192 Å². The van der Waals surface area contributed by atoms with Crippen LogP contribution in [0.15, 0.2) is 77.2 Å². The molecule has 3 aromatic carbocycles. The molecule has 1 aliphatic carbocycles. The number of furan rings is 1. The van der Waals surface area contributed by atoms with Gasteiger partial charge in [0.05, 0.1) is 0 Å². The van der Waals surface area contributed by atoms with E-state index in [9.17, 15) is 4.79 Å². The highest BCUT2D eigenvalue weighted by molar-refractivity contribution is 7.80. The molecule has 5 rings (SSSR count). The highest BCUT2D eigenvalue weighted by atomic mass is 32.1. The zero-order valence-corrected chi connectivity index (χ0v) is 18.7. The number of benzene rings is 3. The molecule has 158 valence electrons. The summed E-state index contributed by atoms with van der Waals surface area (Å²) in [7, 11) is 0. The first-order valence-electron chi connectivity index (χ1n) is 10.5. The Bertz CT molecular complexity index is 1370. The summed E-state index contributed by atoms with van der Waals surface area (Å²) in [6, 6.07) is 24.1. The molecule has 0 aliphatic heterocycles. The van der Waals surface area contributed by atoms with E-state index >= 15 is 0 Å². The molecule has 5 heteroatoms. The molecule has 0 unspecified atom stereocenters. The first-order valence-corrected chi connectivity index (χ1v) is 10.9. The first-order chi connectivity index (χ1) is 15.5. The molecule has 0 saturated carbocycles. The third-order valence-electron chi connectivity index (χ3n) is 5.90. The lowest BCUT2D eigenvalue weighted by molar-refractivity contribution is 0.0951. The summed E-state index contributed by atoms with van der Waals surface area (Å²) < 4.78 is 5.77. The summed E-state index contributed by atoms with van der Waals surface area (Å²) >= 11 is 5.36. The molecule has 4 nitrogen and oxygen atoms in total. The minimum Gasteiger partial charge on any atom is -0.451 e. The third-order valence-corrected chi connectivity index (χ3v) is 6.10. The van der Waals surface area contributed by atoms with Gasteiger partial charge >= 0.3 is 0 Å². The molecule has 0 atom stereocenters. The Morgan fingerprint density at radius 2 is 1.69 bits per heavy atom. The average molecular weight is 439 g/mol. The van der Waals surface area contributed by atoms with Gasteiger partial charge in [0.25, 0.3) is 5.91 Å². The van der Waals surface area contributed by atoms with Gasteiger partial charge in [0.2, 0.25) is 0 Å². The van der Waals surface area contributed by atoms with E-state index in [2.05, 4.69) is 60.9 Å². The summed E-state index contributed by atoms with van der Waals surface area (Å²) in [6.07, 6.45) is 0.897. The summed E-state index contributed by atoms with van der Waals surface area (Å²) in [4.78, 5) is 12.6. The quantitative estimate of drug-likeness (QED) is 0.326. The van der Waals surface area contributed by atoms with Crippen molar-refractivity contribution in [3.63, 3.8) is 0 Å². The second-order valence-electron chi connectivity index (χ2n) is 8.08. The topological polar surface area (TPSA) is 54.3 Å². The van der Waals surface area contributed by atoms with Crippen LogP contribution in [-0.2, 0) is 6.42 Å². The third kappa shape index (κ3) is 3.83. The molecular weight excluding hydrogens is 416 g/mol. The molecule has 32 heavy (non-hydrogen) atoms. The van der Waals surface area contributed by atoms with Crippen LogP contribution in [0.1, 0.15) is 32.8 Å². The summed E-state index contributed by atoms with van der Waals surface area (Å²) in [6.45, 7) is 4.12. The highest BCUT2D eigenvalue weighted by Gasteiger charge is 2.19. The van der Waals surface area contributed by atoms with Crippen LogP contribution < -0.4 is 10.6 Å². The Morgan fingerprint density at radius 3 is 2.53 bits per heavy atom. The second kappa shape index (κ2) is 8.09. The van der Waals surface area contributed by atoms with Gasteiger partial charge in [0, 0.05) is 11.3 Å². The van der Waals surface area contributed by atoms with Crippen LogP contribution in [-0.4, -0.2) is 11.0 Å². The SMILES string of the molecule is Cc1ccc(-c2ccc(C(=O)NC(=S)Nc3ccc4c(c3)Cc3ccccc3-4)o2)cc1C. The van der Waals surface area contributed by atoms with E-state index in [1.165, 1.54) is 33.4 Å². The zero-order valence-electron chi connectivity index (χ0n) is 17.9. The van der Waals surface area contributed by atoms with Crippen molar-refractivity contribution in [1.29, 1.82) is 0 Å². The molecule has 1 aromatic heterocycles. The van der Waals surface area contributed by atoms with Crippen LogP contribution in [0, 0.1) is 13.8 Å². The van der Waals surface area contributed by atoms with Crippen molar-refractivity contribution in [2.24, 2.45) is 0 Å². The van der Waals surface area contributed by atoms with Gasteiger partial charge in [0.1, 0.15) is 5.76 Å². The van der Waals surface area contributed by atoms with Gasteiger partial charge in [-0.2, -0.15) is 0 Å². The summed E-state index contributed by atoms with van der Waals surface area (Å²) in [5.74, 6) is 0.480. The maximum Gasteiger partial charge on any atom is 0.293 e. The van der Waals surface area contributed by atoms with Crippen LogP contribution in [0.25, 0.3) is 22.5 Å². The van der Waals surface area contributed by atoms with Crippen LogP contribution in [0.4, 0.5) is 5.69 Å². The molecule has 2 N–H and O–H groups in total. The predicted molar refractivity (Wildman–Crippen MR) is 132 cm³/mol. The second-order valence-corrected chi connectivity index (χ2v) is 8.49. The number of amides is 1. The number of anilines is 1. The minimum atomic E-state index is -0.383. The first kappa shape index (κ1) is 20.2. The lowest BCUT2D eigenvalue weighted by Crippen LogP contribution is -2.33. The number of aryl methyl sites for hydroxylation is 2. The molecule has 1 aliphatic rings. The van der Waals surface area contributed by atoms with Crippen molar-refractivity contribution in [1.82, 2.24) is 5.32 Å². The Kier molecular flexibility index (Phi) is 5.11. The van der Waals surface area contributed by atoms with Gasteiger partial charge in [-0.1, -0.05) is 42.5 Å². The standard InChI is InChI=1S/C27H22N2O2S/c1-16-7-8-19(13-17(16)2)24-11-12-25(31-24)26(30)29-27(32)28-21-9-10-23-20(15-21)14-18-5-3-4-6-22(18)23/h3-13,15H,14H2,1-2H3,(H2,28,29,30,32). The molecule has 0 fully saturated rings. The van der Waals surface area contributed by atoms with E-state index in [1.54, 1.807) is 12.1 Å². The van der Waals surface area contributed by atoms with Crippen molar-refractivity contribution in [3.8, 4) is 22.5 Å². The molecule has 0 saturated heterocycles. The summed E-state index contributed by atoms with van der Waals surface area (Å²) in [5.41, 5.74) is 9.27. The van der Waals surface area contributed by atoms with Crippen molar-refractivity contribution < 1.29 is 9.21 Å². The zero-order chi connectivity index (χ0) is 22.2. The molecular formula is C27H22N2O2S.